The molecule has 6 aromatic heterocycles. The number of nitrogens with zero attached hydrogens (tertiary/aromatic N) is 10. The van der Waals surface area contributed by atoms with Crippen molar-refractivity contribution in [1.82, 2.24) is 49.8 Å². The first-order valence-corrected chi connectivity index (χ1v) is 27.5. The van der Waals surface area contributed by atoms with Gasteiger partial charge in [0.15, 0.2) is 23.2 Å². The Kier molecular flexibility index (Phi) is 18.2. The maximum Gasteiger partial charge on any atom is 0.494 e. The van der Waals surface area contributed by atoms with Crippen LogP contribution in [0.25, 0.3) is 11.1 Å². The molecule has 7 heterocycles. The van der Waals surface area contributed by atoms with Crippen LogP contribution < -0.4 is 16.1 Å². The van der Waals surface area contributed by atoms with E-state index in [1.54, 1.807) is 37.8 Å². The molecule has 0 radical (unpaired) electrons. The molecule has 0 atom stereocenters. The third kappa shape index (κ3) is 14.4. The number of benzene rings is 2. The molecule has 3 fully saturated rings. The minimum absolute atomic E-state index is 0.0421. The number of halogens is 13. The average Bonchev–Trinajstić information content (AvgIpc) is 1.68. The van der Waals surface area contributed by atoms with Crippen molar-refractivity contribution in [1.29, 1.82) is 0 Å². The van der Waals surface area contributed by atoms with Crippen LogP contribution in [0.3, 0.4) is 0 Å². The molecule has 1 saturated heterocycles. The molecule has 3 aliphatic rings. The van der Waals surface area contributed by atoms with Gasteiger partial charge in [0.2, 0.25) is 11.8 Å². The smallest absolute Gasteiger partial charge is 0.399 e. The van der Waals surface area contributed by atoms with E-state index in [4.69, 9.17) is 18.4 Å². The highest BCUT2D eigenvalue weighted by atomic mass is 79.9. The van der Waals surface area contributed by atoms with Crippen LogP contribution >= 0.6 is 15.9 Å². The highest BCUT2D eigenvalue weighted by molar-refractivity contribution is 9.10. The third-order valence-corrected chi connectivity index (χ3v) is 15.5. The molecule has 2 N–H and O–H groups in total. The third-order valence-electron chi connectivity index (χ3n) is 15.1. The Bertz CT molecular complexity index is 3790. The fraction of sp³-hybridized carbons (Fsp3) is 0.393. The first-order chi connectivity index (χ1) is 41.2. The summed E-state index contributed by atoms with van der Waals surface area (Å²) in [6, 6.07) is 10.5. The topological polar surface area (TPSA) is 216 Å². The van der Waals surface area contributed by atoms with E-state index >= 15 is 0 Å². The molecule has 11 rings (SSSR count). The Labute approximate surface area is 501 Å². The summed E-state index contributed by atoms with van der Waals surface area (Å²) in [4.78, 5) is 41.1. The lowest BCUT2D eigenvalue weighted by Gasteiger charge is -2.32. The molecular formula is C56H52BBrF12N12O6. The van der Waals surface area contributed by atoms with Gasteiger partial charge in [0, 0.05) is 92.9 Å². The number of nitrogens with one attached hydrogen (secondary N) is 2. The summed E-state index contributed by atoms with van der Waals surface area (Å²) in [7, 11) is 2.40. The zero-order valence-electron chi connectivity index (χ0n) is 47.3. The van der Waals surface area contributed by atoms with E-state index < -0.39 is 84.2 Å². The number of hydrogen-bond acceptors (Lipinski definition) is 14. The van der Waals surface area contributed by atoms with Gasteiger partial charge >= 0.3 is 19.5 Å². The van der Waals surface area contributed by atoms with E-state index in [9.17, 15) is 62.3 Å². The highest BCUT2D eigenvalue weighted by Gasteiger charge is 2.68. The lowest BCUT2D eigenvalue weighted by atomic mass is 9.78. The summed E-state index contributed by atoms with van der Waals surface area (Å²) >= 11 is 3.21. The van der Waals surface area contributed by atoms with Gasteiger partial charge in [-0.1, -0.05) is 34.6 Å². The summed E-state index contributed by atoms with van der Waals surface area (Å²) in [6.07, 6.45) is -6.03. The molecule has 0 spiro atoms. The first-order valence-electron chi connectivity index (χ1n) is 26.7. The van der Waals surface area contributed by atoms with Crippen LogP contribution in [0, 0.1) is 11.6 Å². The number of anilines is 2. The molecule has 32 heteroatoms. The summed E-state index contributed by atoms with van der Waals surface area (Å²) in [5.74, 6) is -2.91. The van der Waals surface area contributed by atoms with Gasteiger partial charge in [-0.2, -0.15) is 36.5 Å². The molecule has 466 valence electrons. The van der Waals surface area contributed by atoms with E-state index in [1.807, 2.05) is 27.7 Å². The van der Waals surface area contributed by atoms with Crippen LogP contribution in [0.15, 0.2) is 99.2 Å². The Morgan fingerprint density at radius 3 is 1.40 bits per heavy atom. The molecule has 2 amide bonds. The molecule has 1 aliphatic heterocycles. The number of carbonyl (C=O) groups excluding carboxylic acids is 2. The van der Waals surface area contributed by atoms with E-state index in [0.717, 1.165) is 16.6 Å². The minimum atomic E-state index is -4.48. The quantitative estimate of drug-likeness (QED) is 0.0680. The van der Waals surface area contributed by atoms with Gasteiger partial charge in [-0.25, -0.2) is 46.3 Å². The van der Waals surface area contributed by atoms with Gasteiger partial charge in [0.25, 0.3) is 12.9 Å². The summed E-state index contributed by atoms with van der Waals surface area (Å²) < 4.78 is 185. The van der Waals surface area contributed by atoms with Crippen LogP contribution in [0.5, 0.6) is 0 Å². The predicted octanol–water partition coefficient (Wildman–Crippen LogP) is 11.7. The second kappa shape index (κ2) is 24.9. The largest absolute Gasteiger partial charge is 0.494 e. The zero-order valence-corrected chi connectivity index (χ0v) is 48.9. The van der Waals surface area contributed by atoms with Gasteiger partial charge in [0.1, 0.15) is 45.5 Å². The van der Waals surface area contributed by atoms with E-state index in [0.29, 0.717) is 33.5 Å². The molecule has 88 heavy (non-hydrogen) atoms. The van der Waals surface area contributed by atoms with Crippen LogP contribution in [0.2, 0.25) is 0 Å². The highest BCUT2D eigenvalue weighted by Crippen LogP contribution is 2.60. The monoisotopic (exact) mass is 1310 g/mol. The fourth-order valence-electron chi connectivity index (χ4n) is 9.25. The lowest BCUT2D eigenvalue weighted by molar-refractivity contribution is -0.166. The van der Waals surface area contributed by atoms with Gasteiger partial charge in [-0.3, -0.25) is 19.0 Å². The molecule has 18 nitrogen and oxygen atoms in total. The average molecular weight is 1310 g/mol. The van der Waals surface area contributed by atoms with Gasteiger partial charge in [-0.15, -0.1) is 0 Å². The predicted molar refractivity (Wildman–Crippen MR) is 293 cm³/mol. The van der Waals surface area contributed by atoms with Crippen molar-refractivity contribution in [3.8, 4) is 11.1 Å². The summed E-state index contributed by atoms with van der Waals surface area (Å²) in [6.45, 7) is 7.54. The van der Waals surface area contributed by atoms with Crippen LogP contribution in [-0.2, 0) is 69.5 Å². The number of hydrogen-bond donors (Lipinski definition) is 2. The number of aromatic nitrogens is 10. The molecule has 2 saturated carbocycles. The summed E-state index contributed by atoms with van der Waals surface area (Å²) in [5, 5.41) is 19.1. The van der Waals surface area contributed by atoms with Crippen LogP contribution in [0.4, 0.5) is 64.3 Å². The maximum absolute atomic E-state index is 14.8. The Balaban J connectivity index is 0.000000169. The van der Waals surface area contributed by atoms with Gasteiger partial charge < -0.3 is 29.0 Å². The molecule has 2 aromatic carbocycles. The SMILES string of the molecule is CC1(C)OB(c2ccc(CC(=O)Nc3cc(C4(C(F)(F)F)CC4)on3)c(F)c2)OC1(C)C.Cn1cc(Cc2ncc(-c3ccc(CC(=O)Nc4cc(C5(C(F)(F)F)CC5)on4)c(F)c3)cn2)c(C(F)F)n1.Cn1cc(Cc2ncc(Br)cn2)c(C(F)F)n1. The standard InChI is InChI=1S/C25H20F6N6O2.C21H23BF4N2O4.C10H9BrF2N4/c1-37-12-15(22(35-37)23(27)28)7-19-32-10-16(11-33-19)13-2-3-14(17(26)6-13)8-21(38)34-20-9-18(39-36-20)24(4-5-24)25(29,30)31;1-18(2)19(3,4)32-22(31-18)13-6-5-12(14(23)10-13)9-17(29)27-16-11-15(30-28-16)20(7-8-20)21(24,25)26;1-17-5-6(9(16-17)10(12)13)2-8-14-3-7(11)4-15-8/h2-3,6,9-12,23H,4-5,7-8H2,1H3,(H,34,36,38);5-6,10-11H,7-9H2,1-4H3,(H,27,28,29);3-5,10H,2H2,1H3. The van der Waals surface area contributed by atoms with Crippen molar-refractivity contribution >= 4 is 52.0 Å². The summed E-state index contributed by atoms with van der Waals surface area (Å²) in [5.41, 5.74) is -3.54. The lowest BCUT2D eigenvalue weighted by Crippen LogP contribution is -2.41. The van der Waals surface area contributed by atoms with E-state index in [-0.39, 0.29) is 96.4 Å². The Morgan fingerprint density at radius 2 is 1.01 bits per heavy atom. The van der Waals surface area contributed by atoms with Crippen molar-refractivity contribution in [2.24, 2.45) is 14.1 Å². The van der Waals surface area contributed by atoms with Crippen molar-refractivity contribution in [3.05, 3.63) is 159 Å². The number of carbonyl (C=O) groups is 2. The van der Waals surface area contributed by atoms with Crippen LogP contribution in [-0.4, -0.2) is 92.3 Å². The van der Waals surface area contributed by atoms with Gasteiger partial charge in [-0.05, 0) is 104 Å². The molecular weight excluding hydrogens is 1260 g/mol. The number of amides is 2. The second-order valence-corrected chi connectivity index (χ2v) is 23.0. The molecule has 0 unspecified atom stereocenters. The number of aryl methyl sites for hydroxylation is 2. The van der Waals surface area contributed by atoms with Crippen molar-refractivity contribution in [2.45, 2.75) is 126 Å². The number of rotatable bonds is 16. The number of alkyl halides is 10. The van der Waals surface area contributed by atoms with Crippen molar-refractivity contribution < 1.29 is 80.6 Å². The molecule has 0 bridgehead atoms. The second-order valence-electron chi connectivity index (χ2n) is 22.1. The van der Waals surface area contributed by atoms with Crippen molar-refractivity contribution in [3.63, 3.8) is 0 Å². The normalized spacial score (nSPS) is 16.2. The maximum atomic E-state index is 14.8. The first kappa shape index (κ1) is 64.5. The molecule has 8 aromatic rings. The Morgan fingerprint density at radius 1 is 0.602 bits per heavy atom. The minimum Gasteiger partial charge on any atom is -0.399 e. The zero-order chi connectivity index (χ0) is 63.9. The van der Waals surface area contributed by atoms with Crippen LogP contribution in [0.1, 0.15) is 123 Å². The van der Waals surface area contributed by atoms with E-state index in [1.165, 1.54) is 59.3 Å². The fourth-order valence-corrected chi connectivity index (χ4v) is 9.45. The van der Waals surface area contributed by atoms with E-state index in [2.05, 4.69) is 67.0 Å². The van der Waals surface area contributed by atoms with Gasteiger partial charge in [0.05, 0.1) is 28.5 Å². The van der Waals surface area contributed by atoms with Crippen molar-refractivity contribution in [2.75, 3.05) is 10.6 Å². The Hall–Kier alpha value is -8.00. The molecule has 2 aliphatic carbocycles.